The van der Waals surface area contributed by atoms with E-state index in [1.54, 1.807) is 18.2 Å². The number of halogens is 1. The SMILES string of the molecule is [2H]C([2H])([2H])n1cc(C#Cc2ccc(Cl)s2)c2cc(NC(=O)C=C)cnc21. The van der Waals surface area contributed by atoms with E-state index in [1.807, 2.05) is 0 Å². The number of hydrogen-bond donors (Lipinski definition) is 1. The van der Waals surface area contributed by atoms with Crippen LogP contribution in [0.3, 0.4) is 0 Å². The molecule has 0 aromatic carbocycles. The molecule has 3 aromatic heterocycles. The summed E-state index contributed by atoms with van der Waals surface area (Å²) in [6.45, 7) is 0.996. The lowest BCUT2D eigenvalue weighted by molar-refractivity contribution is -0.111. The Morgan fingerprint density at radius 1 is 1.57 bits per heavy atom. The van der Waals surface area contributed by atoms with Gasteiger partial charge >= 0.3 is 0 Å². The number of nitrogens with one attached hydrogen (secondary N) is 1. The number of aromatic nitrogens is 2. The third-order valence-electron chi connectivity index (χ3n) is 2.99. The highest BCUT2D eigenvalue weighted by Gasteiger charge is 2.08. The van der Waals surface area contributed by atoms with Gasteiger partial charge in [0.25, 0.3) is 0 Å². The van der Waals surface area contributed by atoms with Crippen molar-refractivity contribution in [2.45, 2.75) is 0 Å². The fourth-order valence-electron chi connectivity index (χ4n) is 1.98. The number of anilines is 1. The van der Waals surface area contributed by atoms with Crippen LogP contribution >= 0.6 is 22.9 Å². The van der Waals surface area contributed by atoms with Crippen molar-refractivity contribution in [3.8, 4) is 11.8 Å². The molecular formula is C17H12ClN3OS. The van der Waals surface area contributed by atoms with Gasteiger partial charge in [-0.05, 0) is 24.3 Å². The molecule has 0 bridgehead atoms. The molecule has 0 aliphatic carbocycles. The molecule has 3 heterocycles. The quantitative estimate of drug-likeness (QED) is 0.567. The van der Waals surface area contributed by atoms with Gasteiger partial charge in [0.1, 0.15) is 5.65 Å². The van der Waals surface area contributed by atoms with Crippen molar-refractivity contribution < 1.29 is 8.91 Å². The summed E-state index contributed by atoms with van der Waals surface area (Å²) in [5.41, 5.74) is 1.17. The van der Waals surface area contributed by atoms with E-state index in [9.17, 15) is 4.79 Å². The zero-order valence-electron chi connectivity index (χ0n) is 14.8. The number of pyridine rings is 1. The topological polar surface area (TPSA) is 46.9 Å². The summed E-state index contributed by atoms with van der Waals surface area (Å²) < 4.78 is 24.7. The average Bonchev–Trinajstić information content (AvgIpc) is 3.15. The molecule has 0 atom stereocenters. The van der Waals surface area contributed by atoms with E-state index in [4.69, 9.17) is 15.7 Å². The number of carbonyl (C=O) groups is 1. The summed E-state index contributed by atoms with van der Waals surface area (Å²) in [4.78, 5) is 16.4. The molecule has 0 unspecified atom stereocenters. The molecule has 0 saturated heterocycles. The molecule has 3 aromatic rings. The zero-order chi connectivity index (χ0) is 18.9. The normalized spacial score (nSPS) is 12.7. The minimum absolute atomic E-state index is 0.259. The van der Waals surface area contributed by atoms with Crippen LogP contribution < -0.4 is 5.32 Å². The first kappa shape index (κ1) is 11.9. The second-order valence-corrected chi connectivity index (χ2v) is 6.27. The number of fused-ring (bicyclic) bond motifs is 1. The standard InChI is InChI=1S/C17H12ClN3OS/c1-3-16(22)20-12-8-14-11(10-21(2)17(14)19-9-12)4-5-13-6-7-15(18)23-13/h3,6-10H,1H2,2H3,(H,20,22)/i2D3. The van der Waals surface area contributed by atoms with Crippen molar-refractivity contribution in [3.05, 3.63) is 58.0 Å². The van der Waals surface area contributed by atoms with E-state index in [1.165, 1.54) is 23.7 Å². The predicted octanol–water partition coefficient (Wildman–Crippen LogP) is 3.81. The van der Waals surface area contributed by atoms with Crippen molar-refractivity contribution >= 4 is 45.6 Å². The minimum atomic E-state index is -2.40. The van der Waals surface area contributed by atoms with Gasteiger partial charge in [0.15, 0.2) is 0 Å². The van der Waals surface area contributed by atoms with Crippen LogP contribution in [0, 0.1) is 11.8 Å². The Bertz CT molecular complexity index is 1070. The number of hydrogen-bond acceptors (Lipinski definition) is 3. The van der Waals surface area contributed by atoms with Crippen LogP contribution in [0.5, 0.6) is 0 Å². The molecule has 0 aliphatic heterocycles. The molecule has 0 saturated carbocycles. The van der Waals surface area contributed by atoms with E-state index in [-0.39, 0.29) is 11.6 Å². The largest absolute Gasteiger partial charge is 0.334 e. The summed E-state index contributed by atoms with van der Waals surface area (Å²) in [5.74, 6) is 5.54. The molecule has 0 aliphatic rings. The monoisotopic (exact) mass is 344 g/mol. The fraction of sp³-hybridized carbons (Fsp3) is 0.0588. The Morgan fingerprint density at radius 2 is 2.43 bits per heavy atom. The van der Waals surface area contributed by atoms with Crippen LogP contribution in [0.15, 0.2) is 43.2 Å². The summed E-state index contributed by atoms with van der Waals surface area (Å²) in [7, 11) is 0. The molecule has 6 heteroatoms. The first-order valence-electron chi connectivity index (χ1n) is 8.00. The van der Waals surface area contributed by atoms with Crippen LogP contribution in [0.25, 0.3) is 11.0 Å². The number of carbonyl (C=O) groups excluding carboxylic acids is 1. The molecule has 1 N–H and O–H groups in total. The van der Waals surface area contributed by atoms with Crippen molar-refractivity contribution in [1.29, 1.82) is 0 Å². The van der Waals surface area contributed by atoms with Gasteiger partial charge in [-0.25, -0.2) is 4.98 Å². The third-order valence-corrected chi connectivity index (χ3v) is 4.14. The van der Waals surface area contributed by atoms with Gasteiger partial charge in [-0.2, -0.15) is 0 Å². The van der Waals surface area contributed by atoms with Gasteiger partial charge < -0.3 is 9.88 Å². The highest BCUT2D eigenvalue weighted by atomic mass is 35.5. The van der Waals surface area contributed by atoms with E-state index in [0.717, 1.165) is 15.5 Å². The van der Waals surface area contributed by atoms with Crippen LogP contribution in [-0.4, -0.2) is 15.5 Å². The second-order valence-electron chi connectivity index (χ2n) is 4.56. The van der Waals surface area contributed by atoms with E-state index in [2.05, 4.69) is 28.7 Å². The van der Waals surface area contributed by atoms with Crippen molar-refractivity contribution in [1.82, 2.24) is 9.55 Å². The lowest BCUT2D eigenvalue weighted by Crippen LogP contribution is -2.07. The Hall–Kier alpha value is -2.55. The van der Waals surface area contributed by atoms with Gasteiger partial charge in [0.05, 0.1) is 26.7 Å². The molecule has 4 nitrogen and oxygen atoms in total. The maximum Gasteiger partial charge on any atom is 0.247 e. The molecule has 3 rings (SSSR count). The number of rotatable bonds is 2. The summed E-state index contributed by atoms with van der Waals surface area (Å²) in [6, 6.07) is 5.17. The molecular weight excluding hydrogens is 330 g/mol. The number of thiophene rings is 1. The number of amides is 1. The smallest absolute Gasteiger partial charge is 0.247 e. The summed E-state index contributed by atoms with van der Waals surface area (Å²) in [6.07, 6.45) is 3.97. The van der Waals surface area contributed by atoms with Gasteiger partial charge in [0, 0.05) is 22.7 Å². The van der Waals surface area contributed by atoms with Gasteiger partial charge in [-0.15, -0.1) is 11.3 Å². The third kappa shape index (κ3) is 3.29. The predicted molar refractivity (Wildman–Crippen MR) is 94.8 cm³/mol. The van der Waals surface area contributed by atoms with Crippen molar-refractivity contribution in [2.24, 2.45) is 6.98 Å². The Balaban J connectivity index is 2.13. The summed E-state index contributed by atoms with van der Waals surface area (Å²) >= 11 is 7.23. The van der Waals surface area contributed by atoms with E-state index in [0.29, 0.717) is 21.0 Å². The molecule has 0 fully saturated rings. The van der Waals surface area contributed by atoms with E-state index >= 15 is 0 Å². The van der Waals surface area contributed by atoms with Gasteiger partial charge in [0.2, 0.25) is 5.91 Å². The molecule has 0 radical (unpaired) electrons. The number of aryl methyl sites for hydroxylation is 1. The average molecular weight is 345 g/mol. The first-order chi connectivity index (χ1) is 12.3. The fourth-order valence-corrected chi connectivity index (χ4v) is 2.88. The summed E-state index contributed by atoms with van der Waals surface area (Å²) in [5, 5.41) is 3.13. The number of nitrogens with zero attached hydrogens (tertiary/aromatic N) is 2. The van der Waals surface area contributed by atoms with Crippen molar-refractivity contribution in [2.75, 3.05) is 5.32 Å². The Labute approximate surface area is 146 Å². The van der Waals surface area contributed by atoms with Crippen LogP contribution in [0.1, 0.15) is 14.6 Å². The Kier molecular flexibility index (Phi) is 3.27. The van der Waals surface area contributed by atoms with Gasteiger partial charge in [-0.1, -0.05) is 30.0 Å². The molecule has 23 heavy (non-hydrogen) atoms. The van der Waals surface area contributed by atoms with E-state index < -0.39 is 6.98 Å². The molecule has 1 amide bonds. The zero-order valence-corrected chi connectivity index (χ0v) is 13.3. The minimum Gasteiger partial charge on any atom is -0.334 e. The second kappa shape index (κ2) is 6.29. The first-order valence-corrected chi connectivity index (χ1v) is 7.70. The van der Waals surface area contributed by atoms with Crippen LogP contribution in [0.2, 0.25) is 4.34 Å². The highest BCUT2D eigenvalue weighted by molar-refractivity contribution is 7.16. The lowest BCUT2D eigenvalue weighted by atomic mass is 10.2. The van der Waals surface area contributed by atoms with Crippen LogP contribution in [0.4, 0.5) is 5.69 Å². The van der Waals surface area contributed by atoms with Gasteiger partial charge in [-0.3, -0.25) is 4.79 Å². The highest BCUT2D eigenvalue weighted by Crippen LogP contribution is 2.23. The van der Waals surface area contributed by atoms with Crippen molar-refractivity contribution in [3.63, 3.8) is 0 Å². The maximum absolute atomic E-state index is 11.5. The maximum atomic E-state index is 11.5. The molecule has 0 spiro atoms. The molecule has 114 valence electrons. The lowest BCUT2D eigenvalue weighted by Gasteiger charge is -2.02. The van der Waals surface area contributed by atoms with Crippen LogP contribution in [-0.2, 0) is 11.8 Å². The Morgan fingerprint density at radius 3 is 3.13 bits per heavy atom.